The summed E-state index contributed by atoms with van der Waals surface area (Å²) in [6.45, 7) is 3.56. The second-order valence-corrected chi connectivity index (χ2v) is 5.42. The lowest BCUT2D eigenvalue weighted by atomic mass is 10.0. The van der Waals surface area contributed by atoms with Gasteiger partial charge >= 0.3 is 0 Å². The molecule has 3 N–H and O–H groups in total. The minimum Gasteiger partial charge on any atom is -0.368 e. The van der Waals surface area contributed by atoms with Crippen LogP contribution < -0.4 is 16.6 Å². The average Bonchev–Trinajstić information content (AvgIpc) is 2.47. The van der Waals surface area contributed by atoms with Crippen molar-refractivity contribution in [3.63, 3.8) is 0 Å². The first-order chi connectivity index (χ1) is 10.3. The van der Waals surface area contributed by atoms with Crippen LogP contribution in [0.3, 0.4) is 0 Å². The number of nitrogens with one attached hydrogen (secondary N) is 1. The van der Waals surface area contributed by atoms with E-state index in [0.717, 1.165) is 4.68 Å². The second kappa shape index (κ2) is 5.97. The Bertz CT molecular complexity index is 795. The highest BCUT2D eigenvalue weighted by Crippen LogP contribution is 2.13. The van der Waals surface area contributed by atoms with Gasteiger partial charge in [-0.2, -0.15) is 5.10 Å². The molecule has 0 aliphatic heterocycles. The van der Waals surface area contributed by atoms with Gasteiger partial charge in [-0.05, 0) is 12.0 Å². The summed E-state index contributed by atoms with van der Waals surface area (Å²) < 4.78 is 1.10. The van der Waals surface area contributed by atoms with E-state index in [4.69, 9.17) is 5.73 Å². The molecule has 0 aliphatic rings. The Kier molecular flexibility index (Phi) is 4.25. The van der Waals surface area contributed by atoms with E-state index in [1.54, 1.807) is 38.1 Å². The monoisotopic (exact) mass is 302 g/mol. The minimum atomic E-state index is -0.801. The summed E-state index contributed by atoms with van der Waals surface area (Å²) in [6.07, 6.45) is 0. The fraction of sp³-hybridized carbons (Fsp3) is 0.333. The van der Waals surface area contributed by atoms with Crippen LogP contribution in [0.15, 0.2) is 29.1 Å². The number of carbonyl (C=O) groups excluding carboxylic acids is 2. The molecule has 1 aromatic carbocycles. The SMILES string of the molecule is CC(C)[C@H](NC(=O)c1nn(C)c(=O)c2ccccc12)C(N)=O. The molecule has 7 nitrogen and oxygen atoms in total. The number of hydrogen-bond acceptors (Lipinski definition) is 4. The van der Waals surface area contributed by atoms with Gasteiger partial charge in [0.25, 0.3) is 11.5 Å². The van der Waals surface area contributed by atoms with Crippen LogP contribution in [0.4, 0.5) is 0 Å². The quantitative estimate of drug-likeness (QED) is 0.839. The molecule has 0 radical (unpaired) electrons. The number of rotatable bonds is 4. The van der Waals surface area contributed by atoms with Gasteiger partial charge in [0.1, 0.15) is 6.04 Å². The van der Waals surface area contributed by atoms with Gasteiger partial charge in [-0.3, -0.25) is 14.4 Å². The average molecular weight is 302 g/mol. The van der Waals surface area contributed by atoms with E-state index in [9.17, 15) is 14.4 Å². The van der Waals surface area contributed by atoms with Crippen LogP contribution in [0, 0.1) is 5.92 Å². The predicted octanol–water partition coefficient (Wildman–Crippen LogP) is 0.173. The normalized spacial score (nSPS) is 12.4. The van der Waals surface area contributed by atoms with Crippen LogP contribution in [0.2, 0.25) is 0 Å². The highest BCUT2D eigenvalue weighted by Gasteiger charge is 2.24. The molecule has 0 saturated carbocycles. The lowest BCUT2D eigenvalue weighted by molar-refractivity contribution is -0.120. The fourth-order valence-electron chi connectivity index (χ4n) is 2.24. The van der Waals surface area contributed by atoms with Crippen molar-refractivity contribution in [2.45, 2.75) is 19.9 Å². The van der Waals surface area contributed by atoms with Crippen molar-refractivity contribution in [1.82, 2.24) is 15.1 Å². The number of carbonyl (C=O) groups is 2. The highest BCUT2D eigenvalue weighted by atomic mass is 16.2. The number of hydrogen-bond donors (Lipinski definition) is 2. The van der Waals surface area contributed by atoms with Gasteiger partial charge in [-0.1, -0.05) is 32.0 Å². The van der Waals surface area contributed by atoms with E-state index in [0.29, 0.717) is 10.8 Å². The van der Waals surface area contributed by atoms with E-state index in [1.165, 1.54) is 7.05 Å². The summed E-state index contributed by atoms with van der Waals surface area (Å²) in [4.78, 5) is 35.9. The molecular weight excluding hydrogens is 284 g/mol. The number of benzene rings is 1. The molecule has 22 heavy (non-hydrogen) atoms. The van der Waals surface area contributed by atoms with E-state index in [-0.39, 0.29) is 17.2 Å². The molecule has 2 aromatic rings. The zero-order valence-corrected chi connectivity index (χ0v) is 12.7. The molecule has 0 bridgehead atoms. The third-order valence-corrected chi connectivity index (χ3v) is 3.43. The molecule has 0 saturated heterocycles. The molecule has 1 aromatic heterocycles. The van der Waals surface area contributed by atoms with E-state index in [2.05, 4.69) is 10.4 Å². The first kappa shape index (κ1) is 15.7. The first-order valence-electron chi connectivity index (χ1n) is 6.89. The van der Waals surface area contributed by atoms with Crippen molar-refractivity contribution in [3.8, 4) is 0 Å². The standard InChI is InChI=1S/C15H18N4O3/c1-8(2)11(13(16)20)17-14(21)12-9-6-4-5-7-10(9)15(22)19(3)18-12/h4-8,11H,1-3H3,(H2,16,20)(H,17,21)/t11-/m0/s1. The Morgan fingerprint density at radius 1 is 1.23 bits per heavy atom. The number of aryl methyl sites for hydroxylation is 1. The molecule has 0 fully saturated rings. The largest absolute Gasteiger partial charge is 0.368 e. The van der Waals surface area contributed by atoms with Gasteiger partial charge < -0.3 is 11.1 Å². The van der Waals surface area contributed by atoms with Gasteiger partial charge in [-0.25, -0.2) is 4.68 Å². The summed E-state index contributed by atoms with van der Waals surface area (Å²) in [5, 5.41) is 7.43. The maximum absolute atomic E-state index is 12.4. The van der Waals surface area contributed by atoms with Gasteiger partial charge in [0.2, 0.25) is 5.91 Å². The maximum atomic E-state index is 12.4. The van der Waals surface area contributed by atoms with Crippen LogP contribution in [0.1, 0.15) is 24.3 Å². The van der Waals surface area contributed by atoms with Crippen LogP contribution in [0.5, 0.6) is 0 Å². The Morgan fingerprint density at radius 2 is 1.82 bits per heavy atom. The molecule has 1 atom stereocenters. The molecule has 2 rings (SSSR count). The van der Waals surface area contributed by atoms with Crippen molar-refractivity contribution in [2.75, 3.05) is 0 Å². The predicted molar refractivity (Wildman–Crippen MR) is 82.3 cm³/mol. The second-order valence-electron chi connectivity index (χ2n) is 5.42. The van der Waals surface area contributed by atoms with E-state index >= 15 is 0 Å². The fourth-order valence-corrected chi connectivity index (χ4v) is 2.24. The van der Waals surface area contributed by atoms with Gasteiger partial charge in [0, 0.05) is 12.4 Å². The molecular formula is C15H18N4O3. The molecule has 2 amide bonds. The van der Waals surface area contributed by atoms with E-state index in [1.807, 2.05) is 0 Å². The van der Waals surface area contributed by atoms with Crippen LogP contribution in [-0.2, 0) is 11.8 Å². The van der Waals surface area contributed by atoms with Crippen molar-refractivity contribution in [2.24, 2.45) is 18.7 Å². The number of aromatic nitrogens is 2. The Balaban J connectivity index is 2.51. The summed E-state index contributed by atoms with van der Waals surface area (Å²) in [5.41, 5.74) is 5.10. The third kappa shape index (κ3) is 2.83. The lowest BCUT2D eigenvalue weighted by Crippen LogP contribution is -2.48. The van der Waals surface area contributed by atoms with Gasteiger partial charge in [0.15, 0.2) is 5.69 Å². The number of primary amides is 1. The van der Waals surface area contributed by atoms with Gasteiger partial charge in [-0.15, -0.1) is 0 Å². The number of nitrogens with two attached hydrogens (primary N) is 1. The Hall–Kier alpha value is -2.70. The van der Waals surface area contributed by atoms with Crippen molar-refractivity contribution in [1.29, 1.82) is 0 Å². The van der Waals surface area contributed by atoms with Crippen molar-refractivity contribution < 1.29 is 9.59 Å². The molecule has 0 spiro atoms. The van der Waals surface area contributed by atoms with Gasteiger partial charge in [0.05, 0.1) is 5.39 Å². The minimum absolute atomic E-state index is 0.0876. The molecule has 0 unspecified atom stereocenters. The zero-order chi connectivity index (χ0) is 16.4. The van der Waals surface area contributed by atoms with E-state index < -0.39 is 17.9 Å². The highest BCUT2D eigenvalue weighted by molar-refractivity contribution is 6.06. The third-order valence-electron chi connectivity index (χ3n) is 3.43. The van der Waals surface area contributed by atoms with Crippen molar-refractivity contribution in [3.05, 3.63) is 40.3 Å². The smallest absolute Gasteiger partial charge is 0.274 e. The van der Waals surface area contributed by atoms with Crippen LogP contribution in [-0.4, -0.2) is 27.6 Å². The Labute approximate surface area is 127 Å². The summed E-state index contributed by atoms with van der Waals surface area (Å²) in [7, 11) is 1.47. The number of fused-ring (bicyclic) bond motifs is 1. The summed E-state index contributed by atoms with van der Waals surface area (Å²) >= 11 is 0. The molecule has 116 valence electrons. The van der Waals surface area contributed by atoms with Crippen molar-refractivity contribution >= 4 is 22.6 Å². The number of nitrogens with zero attached hydrogens (tertiary/aromatic N) is 2. The molecule has 0 aliphatic carbocycles. The first-order valence-corrected chi connectivity index (χ1v) is 6.89. The number of amides is 2. The van der Waals surface area contributed by atoms with Crippen LogP contribution >= 0.6 is 0 Å². The lowest BCUT2D eigenvalue weighted by Gasteiger charge is -2.19. The maximum Gasteiger partial charge on any atom is 0.274 e. The molecule has 1 heterocycles. The molecule has 7 heteroatoms. The summed E-state index contributed by atoms with van der Waals surface area (Å²) in [5.74, 6) is -1.30. The zero-order valence-electron chi connectivity index (χ0n) is 12.7. The topological polar surface area (TPSA) is 107 Å². The Morgan fingerprint density at radius 3 is 2.36 bits per heavy atom. The summed E-state index contributed by atoms with van der Waals surface area (Å²) in [6, 6.07) is 5.91. The van der Waals surface area contributed by atoms with Crippen LogP contribution in [0.25, 0.3) is 10.8 Å².